The van der Waals surface area contributed by atoms with Gasteiger partial charge in [-0.2, -0.15) is 0 Å². The fourth-order valence-electron chi connectivity index (χ4n) is 2.61. The molecule has 0 bridgehead atoms. The second-order valence-electron chi connectivity index (χ2n) is 5.17. The van der Waals surface area contributed by atoms with Crippen LogP contribution in [0.2, 0.25) is 5.02 Å². The highest BCUT2D eigenvalue weighted by Crippen LogP contribution is 2.24. The number of nitrogens with zero attached hydrogens (tertiary/aromatic N) is 1. The van der Waals surface area contributed by atoms with Crippen LogP contribution >= 0.6 is 27.5 Å². The van der Waals surface area contributed by atoms with E-state index in [1.807, 2.05) is 12.1 Å². The molecule has 1 amide bonds. The van der Waals surface area contributed by atoms with Crippen LogP contribution < -0.4 is 0 Å². The predicted octanol–water partition coefficient (Wildman–Crippen LogP) is 3.50. The predicted molar refractivity (Wildman–Crippen MR) is 84.5 cm³/mol. The van der Waals surface area contributed by atoms with E-state index < -0.39 is 12.0 Å². The maximum absolute atomic E-state index is 12.3. The fourth-order valence-corrected chi connectivity index (χ4v) is 3.25. The van der Waals surface area contributed by atoms with Crippen molar-refractivity contribution in [3.05, 3.63) is 33.3 Å². The lowest BCUT2D eigenvalue weighted by atomic mass is 10.0. The van der Waals surface area contributed by atoms with Gasteiger partial charge in [-0.15, -0.1) is 0 Å². The molecule has 1 aromatic rings. The van der Waals surface area contributed by atoms with Gasteiger partial charge in [-0.25, -0.2) is 4.79 Å². The minimum Gasteiger partial charge on any atom is -0.480 e. The smallest absolute Gasteiger partial charge is 0.326 e. The van der Waals surface area contributed by atoms with Crippen LogP contribution in [0.25, 0.3) is 0 Å². The number of aryl methyl sites for hydroxylation is 1. The number of likely N-dealkylation sites (tertiary alicyclic amines) is 1. The van der Waals surface area contributed by atoms with Crippen molar-refractivity contribution in [1.82, 2.24) is 4.90 Å². The van der Waals surface area contributed by atoms with Gasteiger partial charge in [0.15, 0.2) is 0 Å². The summed E-state index contributed by atoms with van der Waals surface area (Å²) in [5.74, 6) is -1.01. The topological polar surface area (TPSA) is 57.6 Å². The minimum atomic E-state index is -0.910. The lowest BCUT2D eigenvalue weighted by Gasteiger charge is -2.33. The second-order valence-corrected chi connectivity index (χ2v) is 6.46. The molecule has 1 fully saturated rings. The van der Waals surface area contributed by atoms with Crippen LogP contribution in [0.5, 0.6) is 0 Å². The maximum Gasteiger partial charge on any atom is 0.326 e. The van der Waals surface area contributed by atoms with E-state index in [0.717, 1.165) is 22.9 Å². The number of amides is 1. The number of carbonyl (C=O) groups excluding carboxylic acids is 1. The summed E-state index contributed by atoms with van der Waals surface area (Å²) in [5.41, 5.74) is 0.958. The molecule has 1 aromatic carbocycles. The van der Waals surface area contributed by atoms with E-state index in [-0.39, 0.29) is 5.91 Å². The van der Waals surface area contributed by atoms with E-state index in [4.69, 9.17) is 11.6 Å². The van der Waals surface area contributed by atoms with E-state index in [1.54, 1.807) is 6.07 Å². The van der Waals surface area contributed by atoms with Crippen LogP contribution in [0, 0.1) is 0 Å². The number of carboxylic acids is 1. The average molecular weight is 375 g/mol. The molecule has 0 radical (unpaired) electrons. The Morgan fingerprint density at radius 2 is 2.14 bits per heavy atom. The Morgan fingerprint density at radius 3 is 2.86 bits per heavy atom. The largest absolute Gasteiger partial charge is 0.480 e. The van der Waals surface area contributed by atoms with Crippen LogP contribution in [0.1, 0.15) is 31.2 Å². The molecule has 1 saturated heterocycles. The van der Waals surface area contributed by atoms with E-state index >= 15 is 0 Å². The summed E-state index contributed by atoms with van der Waals surface area (Å²) < 4.78 is 0.910. The van der Waals surface area contributed by atoms with Crippen molar-refractivity contribution >= 4 is 39.4 Å². The Labute approximate surface area is 137 Å². The third-order valence-electron chi connectivity index (χ3n) is 3.72. The Hall–Kier alpha value is -1.07. The molecule has 114 valence electrons. The lowest BCUT2D eigenvalue weighted by molar-refractivity contribution is -0.152. The Balaban J connectivity index is 2.00. The third-order valence-corrected chi connectivity index (χ3v) is 4.73. The number of rotatable bonds is 4. The molecular formula is C15H17BrClNO3. The van der Waals surface area contributed by atoms with Gasteiger partial charge >= 0.3 is 5.97 Å². The Bertz CT molecular complexity index is 550. The number of carboxylic acid groups (broad SMARTS) is 1. The molecule has 1 atom stereocenters. The lowest BCUT2D eigenvalue weighted by Crippen LogP contribution is -2.48. The second kappa shape index (κ2) is 7.27. The number of hydrogen-bond acceptors (Lipinski definition) is 2. The van der Waals surface area contributed by atoms with Gasteiger partial charge in [0.1, 0.15) is 6.04 Å². The monoisotopic (exact) mass is 373 g/mol. The SMILES string of the molecule is O=C(O)[C@H]1CCCCN1C(=O)CCc1cc(Cl)ccc1Br. The van der Waals surface area contributed by atoms with Crippen LogP contribution in [0.3, 0.4) is 0 Å². The zero-order valence-electron chi connectivity index (χ0n) is 11.5. The maximum atomic E-state index is 12.3. The molecule has 1 N–H and O–H groups in total. The van der Waals surface area contributed by atoms with E-state index in [0.29, 0.717) is 30.8 Å². The summed E-state index contributed by atoms with van der Waals surface area (Å²) in [6.45, 7) is 0.534. The zero-order chi connectivity index (χ0) is 15.4. The van der Waals surface area contributed by atoms with Crippen molar-refractivity contribution in [2.45, 2.75) is 38.1 Å². The summed E-state index contributed by atoms with van der Waals surface area (Å²) in [4.78, 5) is 25.0. The van der Waals surface area contributed by atoms with Crippen molar-refractivity contribution in [2.75, 3.05) is 6.54 Å². The number of aliphatic carboxylic acids is 1. The number of halogens is 2. The first-order valence-electron chi connectivity index (χ1n) is 6.95. The summed E-state index contributed by atoms with van der Waals surface area (Å²) in [7, 11) is 0. The summed E-state index contributed by atoms with van der Waals surface area (Å²) in [6, 6.07) is 4.78. The fraction of sp³-hybridized carbons (Fsp3) is 0.467. The number of piperidine rings is 1. The van der Waals surface area contributed by atoms with E-state index in [2.05, 4.69) is 15.9 Å². The van der Waals surface area contributed by atoms with Crippen molar-refractivity contribution in [2.24, 2.45) is 0 Å². The molecule has 0 spiro atoms. The van der Waals surface area contributed by atoms with Gasteiger partial charge in [0.2, 0.25) is 5.91 Å². The highest BCUT2D eigenvalue weighted by molar-refractivity contribution is 9.10. The molecule has 2 rings (SSSR count). The van der Waals surface area contributed by atoms with Crippen LogP contribution in [-0.2, 0) is 16.0 Å². The molecule has 0 saturated carbocycles. The Morgan fingerprint density at radius 1 is 1.38 bits per heavy atom. The van der Waals surface area contributed by atoms with Crippen LogP contribution in [-0.4, -0.2) is 34.5 Å². The number of carbonyl (C=O) groups is 2. The van der Waals surface area contributed by atoms with Crippen molar-refractivity contribution in [3.8, 4) is 0 Å². The highest BCUT2D eigenvalue weighted by atomic mass is 79.9. The molecule has 0 unspecified atom stereocenters. The number of benzene rings is 1. The molecule has 6 heteroatoms. The van der Waals surface area contributed by atoms with Gasteiger partial charge in [-0.3, -0.25) is 4.79 Å². The minimum absolute atomic E-state index is 0.103. The molecule has 0 aromatic heterocycles. The first kappa shape index (κ1) is 16.3. The van der Waals surface area contributed by atoms with Gasteiger partial charge < -0.3 is 10.0 Å². The quantitative estimate of drug-likeness (QED) is 0.877. The molecule has 0 aliphatic carbocycles. The van der Waals surface area contributed by atoms with Gasteiger partial charge in [0.05, 0.1) is 0 Å². The molecule has 1 heterocycles. The van der Waals surface area contributed by atoms with E-state index in [9.17, 15) is 14.7 Å². The summed E-state index contributed by atoms with van der Waals surface area (Å²) in [5, 5.41) is 9.83. The molecular weight excluding hydrogens is 358 g/mol. The van der Waals surface area contributed by atoms with Crippen molar-refractivity contribution in [3.63, 3.8) is 0 Å². The summed E-state index contributed by atoms with van der Waals surface area (Å²) >= 11 is 9.39. The molecule has 21 heavy (non-hydrogen) atoms. The normalized spacial score (nSPS) is 18.6. The highest BCUT2D eigenvalue weighted by Gasteiger charge is 2.31. The van der Waals surface area contributed by atoms with Crippen molar-refractivity contribution < 1.29 is 14.7 Å². The van der Waals surface area contributed by atoms with Crippen LogP contribution in [0.4, 0.5) is 0 Å². The van der Waals surface area contributed by atoms with Crippen molar-refractivity contribution in [1.29, 1.82) is 0 Å². The van der Waals surface area contributed by atoms with Gasteiger partial charge in [0, 0.05) is 22.5 Å². The zero-order valence-corrected chi connectivity index (χ0v) is 13.9. The number of hydrogen-bond donors (Lipinski definition) is 1. The van der Waals surface area contributed by atoms with E-state index in [1.165, 1.54) is 4.90 Å². The molecule has 4 nitrogen and oxygen atoms in total. The van der Waals surface area contributed by atoms with Gasteiger partial charge in [-0.1, -0.05) is 27.5 Å². The first-order valence-corrected chi connectivity index (χ1v) is 8.12. The average Bonchev–Trinajstić information content (AvgIpc) is 2.47. The first-order chi connectivity index (χ1) is 9.99. The third kappa shape index (κ3) is 4.20. The van der Waals surface area contributed by atoms with Gasteiger partial charge in [-0.05, 0) is 49.4 Å². The van der Waals surface area contributed by atoms with Crippen LogP contribution in [0.15, 0.2) is 22.7 Å². The summed E-state index contributed by atoms with van der Waals surface area (Å²) in [6.07, 6.45) is 3.12. The molecule has 1 aliphatic heterocycles. The Kier molecular flexibility index (Phi) is 5.65. The standard InChI is InChI=1S/C15H17BrClNO3/c16-12-6-5-11(17)9-10(12)4-7-14(19)18-8-2-1-3-13(18)15(20)21/h5-6,9,13H,1-4,7-8H2,(H,20,21)/t13-/m1/s1. The van der Waals surface area contributed by atoms with Gasteiger partial charge in [0.25, 0.3) is 0 Å². The molecule has 1 aliphatic rings.